The molecule has 0 rings (SSSR count). The Morgan fingerprint density at radius 3 is 0.893 bits per heavy atom. The van der Waals surface area contributed by atoms with Crippen LogP contribution in [0.2, 0.25) is 0 Å². The number of hydrogen-bond acceptors (Lipinski definition) is 2. The van der Waals surface area contributed by atoms with Crippen molar-refractivity contribution in [1.82, 2.24) is 0 Å². The van der Waals surface area contributed by atoms with Crippen LogP contribution in [0.5, 0.6) is 0 Å². The van der Waals surface area contributed by atoms with Crippen molar-refractivity contribution in [3.63, 3.8) is 0 Å². The Hall–Kier alpha value is -0.840. The van der Waals surface area contributed by atoms with Gasteiger partial charge in [0.15, 0.2) is 0 Å². The molecule has 0 spiro atoms. The predicted molar refractivity (Wildman–Crippen MR) is 57.1 cm³/mol. The molecule has 174 valence electrons. The fourth-order valence-electron chi connectivity index (χ4n) is 1.85. The molecule has 0 unspecified atom stereocenters. The maximum absolute atomic E-state index is 14.7. The third-order valence-electron chi connectivity index (χ3n) is 3.35. The Kier molecular flexibility index (Phi) is 5.68. The zero-order chi connectivity index (χ0) is 23.5. The van der Waals surface area contributed by atoms with Gasteiger partial charge in [-0.3, -0.25) is 0 Å². The first-order chi connectivity index (χ1) is 11.7. The van der Waals surface area contributed by atoms with Crippen molar-refractivity contribution in [1.29, 1.82) is 0 Å². The maximum atomic E-state index is 14.7. The van der Waals surface area contributed by atoms with Gasteiger partial charge in [0.25, 0.3) is 0 Å². The molecule has 0 aromatic rings. The third-order valence-corrected chi connectivity index (χ3v) is 8.52. The van der Waals surface area contributed by atoms with Gasteiger partial charge in [-0.1, -0.05) is 0 Å². The first-order valence-electron chi connectivity index (χ1n) is 5.97. The van der Waals surface area contributed by atoms with Crippen molar-refractivity contribution < 1.29 is 78.8 Å². The van der Waals surface area contributed by atoms with Crippen molar-refractivity contribution in [3.05, 3.63) is 0 Å². The van der Waals surface area contributed by atoms with E-state index in [2.05, 4.69) is 5.73 Å². The molecule has 0 radical (unpaired) electrons. The summed E-state index contributed by atoms with van der Waals surface area (Å²) in [6.07, 6.45) is -25.5. The van der Waals surface area contributed by atoms with E-state index in [0.717, 1.165) is 0 Å². The molecule has 28 heavy (non-hydrogen) atoms. The average Bonchev–Trinajstić information content (AvgIpc) is 2.41. The number of nitrogens with two attached hydrogens (primary N) is 1. The molecule has 0 aliphatic heterocycles. The van der Waals surface area contributed by atoms with E-state index in [1.165, 1.54) is 0 Å². The Labute approximate surface area is 141 Å². The Morgan fingerprint density at radius 2 is 0.750 bits per heavy atom. The van der Waals surface area contributed by atoms with Gasteiger partial charge in [0.2, 0.25) is 0 Å². The van der Waals surface area contributed by atoms with Crippen molar-refractivity contribution in [3.8, 4) is 0 Å². The van der Waals surface area contributed by atoms with Crippen LogP contribution in [-0.4, -0.2) is 48.7 Å². The van der Waals surface area contributed by atoms with Gasteiger partial charge in [0.1, 0.15) is 0 Å². The molecule has 2 N–H and O–H groups in total. The van der Waals surface area contributed by atoms with Crippen LogP contribution in [0.1, 0.15) is 0 Å². The molecule has 2 nitrogen and oxygen atoms in total. The van der Waals surface area contributed by atoms with Gasteiger partial charge < -0.3 is 0 Å². The molecule has 0 aromatic heterocycles. The molecule has 20 heteroatoms. The molecule has 0 heterocycles. The molecule has 0 fully saturated rings. The van der Waals surface area contributed by atoms with E-state index in [4.69, 9.17) is 0 Å². The predicted octanol–water partition coefficient (Wildman–Crippen LogP) is 6.20. The number of halogens is 17. The molecular formula is C8H6F17NOP-. The first-order valence-corrected chi connectivity index (χ1v) is 8.36. The van der Waals surface area contributed by atoms with Crippen LogP contribution >= 0.6 is 6.79 Å². The number of hydrogen-bond donors (Lipinski definition) is 1. The summed E-state index contributed by atoms with van der Waals surface area (Å²) in [7, 11) is 0. The van der Waals surface area contributed by atoms with Gasteiger partial charge in [-0.15, -0.1) is 0 Å². The van der Waals surface area contributed by atoms with Crippen LogP contribution in [0.25, 0.3) is 0 Å². The standard InChI is InChI=1S/C8H6F17NOP/c9-3(10,11)6(18,19)28(24,25,27-2-1-26,7(20,21)4(12,13)14)8(22,23)5(15,16)17/h1-2,26H2/q-1. The van der Waals surface area contributed by atoms with Crippen LogP contribution in [0.15, 0.2) is 0 Å². The van der Waals surface area contributed by atoms with E-state index in [-0.39, 0.29) is 0 Å². The zero-order valence-electron chi connectivity index (χ0n) is 12.3. The topological polar surface area (TPSA) is 35.2 Å². The molecule has 0 saturated carbocycles. The second-order valence-corrected chi connectivity index (χ2v) is 9.64. The van der Waals surface area contributed by atoms with E-state index in [1.807, 2.05) is 0 Å². The van der Waals surface area contributed by atoms with E-state index in [0.29, 0.717) is 0 Å². The number of rotatable bonds is 6. The van der Waals surface area contributed by atoms with E-state index < -0.39 is 55.5 Å². The molecule has 0 aliphatic rings. The summed E-state index contributed by atoms with van der Waals surface area (Å²) in [5, 5.41) is 0. The van der Waals surface area contributed by atoms with Gasteiger partial charge in [0, 0.05) is 0 Å². The van der Waals surface area contributed by atoms with Gasteiger partial charge in [-0.25, -0.2) is 0 Å². The van der Waals surface area contributed by atoms with Crippen LogP contribution < -0.4 is 5.73 Å². The minimum absolute atomic E-state index is 1.80. The van der Waals surface area contributed by atoms with Crippen LogP contribution in [0.3, 0.4) is 0 Å². The zero-order valence-corrected chi connectivity index (χ0v) is 13.2. The normalized spacial score (nSPS) is 18.6. The van der Waals surface area contributed by atoms with Crippen molar-refractivity contribution in [2.75, 3.05) is 13.2 Å². The van der Waals surface area contributed by atoms with Gasteiger partial charge in [-0.2, -0.15) is 0 Å². The molecule has 0 aliphatic carbocycles. The fourth-order valence-corrected chi connectivity index (χ4v) is 5.56. The van der Waals surface area contributed by atoms with Gasteiger partial charge >= 0.3 is 140 Å². The summed E-state index contributed by atoms with van der Waals surface area (Å²) in [5.74, 6) is 0. The molecule has 0 atom stereocenters. The Balaban J connectivity index is 8.23. The van der Waals surface area contributed by atoms with Crippen molar-refractivity contribution in [2.24, 2.45) is 5.73 Å². The Morgan fingerprint density at radius 1 is 0.536 bits per heavy atom. The van der Waals surface area contributed by atoms with Crippen LogP contribution in [-0.2, 0) is 4.52 Å². The minimum atomic E-state index is -14.2. The third kappa shape index (κ3) is 2.40. The second-order valence-electron chi connectivity index (χ2n) is 5.06. The summed E-state index contributed by atoms with van der Waals surface area (Å²) in [5.41, 5.74) is -23.9. The Bertz CT molecular complexity index is 538. The molecule has 0 amide bonds. The SMILES string of the molecule is NCCO[P-](F)(F)(C(F)(F)C(F)(F)F)(C(F)(F)C(F)(F)F)C(F)(F)C(F)(F)F. The molecule has 0 bridgehead atoms. The molecule has 0 aromatic carbocycles. The first kappa shape index (κ1) is 27.2. The number of alkyl halides is 15. The van der Waals surface area contributed by atoms with E-state index >= 15 is 0 Å². The van der Waals surface area contributed by atoms with E-state index in [9.17, 15) is 74.3 Å². The summed E-state index contributed by atoms with van der Waals surface area (Å²) in [6.45, 7) is -19.3. The monoisotopic (exact) mass is 486 g/mol. The van der Waals surface area contributed by atoms with Gasteiger partial charge in [-0.05, 0) is 0 Å². The second kappa shape index (κ2) is 5.86. The summed E-state index contributed by atoms with van der Waals surface area (Å²) in [4.78, 5) is 0. The fraction of sp³-hybridized carbons (Fsp3) is 1.00. The average molecular weight is 486 g/mol. The molecule has 0 saturated heterocycles. The summed E-state index contributed by atoms with van der Waals surface area (Å²) >= 11 is 0. The quantitative estimate of drug-likeness (QED) is 0.359. The van der Waals surface area contributed by atoms with Crippen LogP contribution in [0, 0.1) is 0 Å². The van der Waals surface area contributed by atoms with Crippen molar-refractivity contribution >= 4 is 6.79 Å². The molecular weight excluding hydrogens is 480 g/mol. The van der Waals surface area contributed by atoms with Crippen molar-refractivity contribution in [2.45, 2.75) is 35.5 Å². The summed E-state index contributed by atoms with van der Waals surface area (Å²) < 4.78 is 223. The van der Waals surface area contributed by atoms with Crippen LogP contribution in [0.4, 0.5) is 74.3 Å². The summed E-state index contributed by atoms with van der Waals surface area (Å²) in [6, 6.07) is 0. The van der Waals surface area contributed by atoms with Gasteiger partial charge in [0.05, 0.1) is 0 Å². The van der Waals surface area contributed by atoms with E-state index in [1.54, 1.807) is 4.52 Å².